The Bertz CT molecular complexity index is 1950. The van der Waals surface area contributed by atoms with Gasteiger partial charge in [-0.2, -0.15) is 0 Å². The highest BCUT2D eigenvalue weighted by Gasteiger charge is 2.54. The molecule has 4 heterocycles. The van der Waals surface area contributed by atoms with Gasteiger partial charge in [0.25, 0.3) is 0 Å². The first-order valence-electron chi connectivity index (χ1n) is 17.2. The van der Waals surface area contributed by atoms with Crippen LogP contribution in [0, 0.1) is 0 Å². The molecule has 1 unspecified atom stereocenters. The second kappa shape index (κ2) is 12.9. The summed E-state index contributed by atoms with van der Waals surface area (Å²) in [5.74, 6) is 1.04. The summed E-state index contributed by atoms with van der Waals surface area (Å²) in [6, 6.07) is 14.9. The normalized spacial score (nSPS) is 24.0. The molecule has 7 rings (SSSR count). The Kier molecular flexibility index (Phi) is 8.76. The fraction of sp³-hybridized carbons (Fsp3) is 0.415. The molecule has 1 aromatic heterocycles. The van der Waals surface area contributed by atoms with E-state index in [0.717, 1.165) is 64.5 Å². The van der Waals surface area contributed by atoms with Crippen LogP contribution in [-0.4, -0.2) is 47.7 Å². The van der Waals surface area contributed by atoms with Crippen molar-refractivity contribution in [3.8, 4) is 23.0 Å². The molecular formula is C41H46O8. The van der Waals surface area contributed by atoms with E-state index in [1.165, 1.54) is 11.1 Å². The fourth-order valence-electron chi connectivity index (χ4n) is 6.68. The first-order chi connectivity index (χ1) is 23.4. The van der Waals surface area contributed by atoms with E-state index < -0.39 is 11.6 Å². The maximum absolute atomic E-state index is 9.97. The van der Waals surface area contributed by atoms with Crippen LogP contribution in [0.4, 0.5) is 0 Å². The number of allylic oxidation sites excluding steroid dienone is 2. The van der Waals surface area contributed by atoms with Crippen molar-refractivity contribution in [2.24, 2.45) is 0 Å². The highest BCUT2D eigenvalue weighted by Crippen LogP contribution is 2.45. The van der Waals surface area contributed by atoms with E-state index in [4.69, 9.17) is 32.8 Å². The number of benzene rings is 3. The molecule has 49 heavy (non-hydrogen) atoms. The maximum Gasteiger partial charge on any atom is 0.350 e. The van der Waals surface area contributed by atoms with Gasteiger partial charge in [-0.05, 0) is 133 Å². The number of aromatic hydroxyl groups is 1. The van der Waals surface area contributed by atoms with Crippen LogP contribution < -0.4 is 14.2 Å². The van der Waals surface area contributed by atoms with Crippen molar-refractivity contribution in [3.05, 3.63) is 89.7 Å². The largest absolute Gasteiger partial charge is 0.508 e. The first-order valence-corrected chi connectivity index (χ1v) is 17.2. The van der Waals surface area contributed by atoms with Gasteiger partial charge in [-0.3, -0.25) is 0 Å². The summed E-state index contributed by atoms with van der Waals surface area (Å²) < 4.78 is 43.1. The standard InChI is InChI=1S/C41H46O8/c1-26(7-13-36-39(3,4)47-36)16-20-43-31-11-9-28-15-19-41(46-34(28)25-31)48-37(40(5,6)49-41)14-8-27(2)17-21-45-38-32-12-10-30(42)23-29(32)24-35-33(38)18-22-44-35/h9-12,15-19,22-25,36-37,42H,7-8,13-14,20-21H2,1-6H3/t36?,37-,41+/m1/s1. The van der Waals surface area contributed by atoms with E-state index in [2.05, 4.69) is 39.8 Å². The van der Waals surface area contributed by atoms with Gasteiger partial charge in [-0.1, -0.05) is 11.1 Å². The summed E-state index contributed by atoms with van der Waals surface area (Å²) >= 11 is 0. The lowest BCUT2D eigenvalue weighted by Crippen LogP contribution is -2.38. The number of fused-ring (bicyclic) bond motifs is 3. The smallest absolute Gasteiger partial charge is 0.350 e. The molecule has 8 heteroatoms. The zero-order chi connectivity index (χ0) is 34.4. The number of rotatable bonds is 12. The second-order valence-corrected chi connectivity index (χ2v) is 14.5. The van der Waals surface area contributed by atoms with E-state index in [9.17, 15) is 5.11 Å². The minimum absolute atomic E-state index is 0.0289. The molecule has 3 aliphatic heterocycles. The van der Waals surface area contributed by atoms with Crippen molar-refractivity contribution in [2.75, 3.05) is 13.2 Å². The number of hydrogen-bond acceptors (Lipinski definition) is 8. The summed E-state index contributed by atoms with van der Waals surface area (Å²) in [6.07, 6.45) is 13.5. The number of ether oxygens (including phenoxy) is 6. The monoisotopic (exact) mass is 666 g/mol. The van der Waals surface area contributed by atoms with Crippen molar-refractivity contribution in [1.29, 1.82) is 0 Å². The van der Waals surface area contributed by atoms with Crippen LogP contribution in [-0.2, 0) is 14.2 Å². The molecule has 0 saturated carbocycles. The van der Waals surface area contributed by atoms with Gasteiger partial charge in [-0.25, -0.2) is 0 Å². The lowest BCUT2D eigenvalue weighted by molar-refractivity contribution is -0.270. The number of phenols is 1. The SMILES string of the molecule is CC(=CCOc1ccc2c(c1)O[C@@]1(C=C2)O[C@H](CCC(C)=CCOc2c3ccc(O)cc3cc3occc23)C(C)(C)O1)CCC1OC1(C)C. The van der Waals surface area contributed by atoms with E-state index in [0.29, 0.717) is 25.1 Å². The van der Waals surface area contributed by atoms with Crippen molar-refractivity contribution >= 4 is 27.8 Å². The van der Waals surface area contributed by atoms with E-state index >= 15 is 0 Å². The van der Waals surface area contributed by atoms with Crippen LogP contribution in [0.3, 0.4) is 0 Å². The molecule has 0 amide bonds. The Morgan fingerprint density at radius 1 is 0.816 bits per heavy atom. The van der Waals surface area contributed by atoms with Crippen molar-refractivity contribution in [3.63, 3.8) is 0 Å². The van der Waals surface area contributed by atoms with E-state index in [1.54, 1.807) is 18.4 Å². The molecule has 0 bridgehead atoms. The molecule has 8 nitrogen and oxygen atoms in total. The maximum atomic E-state index is 9.97. The molecule has 4 aromatic rings. The lowest BCUT2D eigenvalue weighted by atomic mass is 9.96. The van der Waals surface area contributed by atoms with Gasteiger partial charge in [0.15, 0.2) is 0 Å². The molecule has 2 fully saturated rings. The summed E-state index contributed by atoms with van der Waals surface area (Å²) in [7, 11) is 0. The molecule has 3 aromatic carbocycles. The quantitative estimate of drug-likeness (QED) is 0.118. The summed E-state index contributed by atoms with van der Waals surface area (Å²) in [5, 5.41) is 12.7. The molecule has 2 saturated heterocycles. The average molecular weight is 667 g/mol. The van der Waals surface area contributed by atoms with Gasteiger partial charge >= 0.3 is 5.97 Å². The molecule has 1 spiro atoms. The molecular weight excluding hydrogens is 620 g/mol. The molecule has 3 aliphatic rings. The molecule has 3 atom stereocenters. The van der Waals surface area contributed by atoms with Crippen LogP contribution in [0.25, 0.3) is 27.8 Å². The minimum Gasteiger partial charge on any atom is -0.508 e. The molecule has 258 valence electrons. The Hall–Kier alpha value is -4.24. The number of phenolic OH excluding ortho intramolecular Hbond substituents is 1. The third-order valence-corrected chi connectivity index (χ3v) is 9.80. The number of furan rings is 1. The van der Waals surface area contributed by atoms with Gasteiger partial charge in [-0.15, -0.1) is 0 Å². The third kappa shape index (κ3) is 7.23. The zero-order valence-corrected chi connectivity index (χ0v) is 29.2. The second-order valence-electron chi connectivity index (χ2n) is 14.5. The predicted octanol–water partition coefficient (Wildman–Crippen LogP) is 9.63. The van der Waals surface area contributed by atoms with E-state index in [-0.39, 0.29) is 17.5 Å². The van der Waals surface area contributed by atoms with Gasteiger partial charge in [0.1, 0.15) is 41.8 Å². The highest BCUT2D eigenvalue weighted by molar-refractivity contribution is 6.03. The topological polar surface area (TPSA) is 92.1 Å². The summed E-state index contributed by atoms with van der Waals surface area (Å²) in [4.78, 5) is 0. The van der Waals surface area contributed by atoms with Crippen LogP contribution in [0.1, 0.15) is 72.8 Å². The van der Waals surface area contributed by atoms with Crippen LogP contribution in [0.5, 0.6) is 23.0 Å². The Balaban J connectivity index is 0.938. The predicted molar refractivity (Wildman–Crippen MR) is 190 cm³/mol. The molecule has 1 N–H and O–H groups in total. The average Bonchev–Trinajstić information content (AvgIpc) is 3.31. The van der Waals surface area contributed by atoms with E-state index in [1.807, 2.05) is 62.4 Å². The van der Waals surface area contributed by atoms with Crippen molar-refractivity contribution in [1.82, 2.24) is 0 Å². The third-order valence-electron chi connectivity index (χ3n) is 9.80. The first kappa shape index (κ1) is 33.3. The van der Waals surface area contributed by atoms with Crippen molar-refractivity contribution in [2.45, 2.75) is 96.6 Å². The Morgan fingerprint density at radius 2 is 1.53 bits per heavy atom. The summed E-state index contributed by atoms with van der Waals surface area (Å²) in [6.45, 7) is 13.5. The zero-order valence-electron chi connectivity index (χ0n) is 29.2. The lowest BCUT2D eigenvalue weighted by Gasteiger charge is -2.30. The minimum atomic E-state index is -1.30. The van der Waals surface area contributed by atoms with Gasteiger partial charge in [0.2, 0.25) is 0 Å². The Morgan fingerprint density at radius 3 is 2.27 bits per heavy atom. The van der Waals surface area contributed by atoms with Crippen LogP contribution in [0.15, 0.2) is 88.6 Å². The molecule has 0 aliphatic carbocycles. The number of hydrogen-bond donors (Lipinski definition) is 1. The Labute approximate surface area is 287 Å². The van der Waals surface area contributed by atoms with Crippen LogP contribution in [0.2, 0.25) is 0 Å². The summed E-state index contributed by atoms with van der Waals surface area (Å²) in [5.41, 5.74) is 3.60. The van der Waals surface area contributed by atoms with Crippen molar-refractivity contribution < 1.29 is 37.9 Å². The number of epoxide rings is 1. The van der Waals surface area contributed by atoms with Gasteiger partial charge in [0.05, 0.1) is 35.1 Å². The van der Waals surface area contributed by atoms with Crippen LogP contribution >= 0.6 is 0 Å². The highest BCUT2D eigenvalue weighted by atomic mass is 16.9. The fourth-order valence-corrected chi connectivity index (χ4v) is 6.68. The molecule has 0 radical (unpaired) electrons. The van der Waals surface area contributed by atoms with Gasteiger partial charge in [0, 0.05) is 23.1 Å². The van der Waals surface area contributed by atoms with Gasteiger partial charge < -0.3 is 37.9 Å².